The number of aliphatic hydroxyl groups excluding tert-OH is 1. The lowest BCUT2D eigenvalue weighted by molar-refractivity contribution is 0.155. The second-order valence-corrected chi connectivity index (χ2v) is 4.19. The number of benzene rings is 1. The van der Waals surface area contributed by atoms with Gasteiger partial charge in [0.1, 0.15) is 0 Å². The lowest BCUT2D eigenvalue weighted by atomic mass is 9.94. The molecule has 0 amide bonds. The van der Waals surface area contributed by atoms with Crippen molar-refractivity contribution in [2.75, 3.05) is 0 Å². The summed E-state index contributed by atoms with van der Waals surface area (Å²) in [6, 6.07) is 9.94. The lowest BCUT2D eigenvalue weighted by Crippen LogP contribution is -2.02. The summed E-state index contributed by atoms with van der Waals surface area (Å²) in [6.07, 6.45) is 4.17. The average molecular weight is 206 g/mol. The zero-order chi connectivity index (χ0) is 11.1. The molecule has 1 unspecified atom stereocenters. The van der Waals surface area contributed by atoms with Crippen molar-refractivity contribution in [2.45, 2.75) is 45.6 Å². The van der Waals surface area contributed by atoms with Crippen LogP contribution in [-0.4, -0.2) is 5.11 Å². The quantitative estimate of drug-likeness (QED) is 0.747. The summed E-state index contributed by atoms with van der Waals surface area (Å²) in [5.74, 6) is 0.767. The number of hydrogen-bond acceptors (Lipinski definition) is 1. The molecule has 0 aliphatic rings. The van der Waals surface area contributed by atoms with Gasteiger partial charge in [0.2, 0.25) is 0 Å². The first-order chi connectivity index (χ1) is 7.27. The lowest BCUT2D eigenvalue weighted by Gasteiger charge is -2.15. The van der Waals surface area contributed by atoms with Gasteiger partial charge in [-0.05, 0) is 24.3 Å². The Labute approximate surface area is 93.1 Å². The van der Waals surface area contributed by atoms with Gasteiger partial charge in [0, 0.05) is 0 Å². The van der Waals surface area contributed by atoms with Gasteiger partial charge in [-0.2, -0.15) is 0 Å². The highest BCUT2D eigenvalue weighted by molar-refractivity contribution is 5.17. The Bertz CT molecular complexity index is 251. The van der Waals surface area contributed by atoms with E-state index in [1.807, 2.05) is 30.3 Å². The van der Waals surface area contributed by atoms with Gasteiger partial charge < -0.3 is 5.11 Å². The van der Waals surface area contributed by atoms with Gasteiger partial charge in [-0.15, -0.1) is 0 Å². The van der Waals surface area contributed by atoms with Crippen molar-refractivity contribution in [1.29, 1.82) is 0 Å². The van der Waals surface area contributed by atoms with Crippen molar-refractivity contribution in [1.82, 2.24) is 0 Å². The smallest absolute Gasteiger partial charge is 0.0790 e. The maximum Gasteiger partial charge on any atom is 0.0790 e. The Morgan fingerprint density at radius 2 is 1.60 bits per heavy atom. The van der Waals surface area contributed by atoms with E-state index in [-0.39, 0.29) is 6.10 Å². The molecule has 0 aromatic heterocycles. The van der Waals surface area contributed by atoms with E-state index in [9.17, 15) is 5.11 Å². The monoisotopic (exact) mass is 206 g/mol. The first kappa shape index (κ1) is 12.3. The van der Waals surface area contributed by atoms with Crippen LogP contribution >= 0.6 is 0 Å². The number of aliphatic hydroxyl groups is 1. The first-order valence-corrected chi connectivity index (χ1v) is 6.00. The summed E-state index contributed by atoms with van der Waals surface area (Å²) >= 11 is 0. The van der Waals surface area contributed by atoms with Gasteiger partial charge in [0.25, 0.3) is 0 Å². The third-order valence-electron chi connectivity index (χ3n) is 3.19. The molecule has 0 fully saturated rings. The zero-order valence-electron chi connectivity index (χ0n) is 9.82. The van der Waals surface area contributed by atoms with E-state index in [1.54, 1.807) is 0 Å². The molecule has 0 bridgehead atoms. The molecular formula is C14H22O. The average Bonchev–Trinajstić information content (AvgIpc) is 2.31. The molecule has 1 aromatic carbocycles. The van der Waals surface area contributed by atoms with E-state index in [1.165, 1.54) is 12.8 Å². The van der Waals surface area contributed by atoms with E-state index in [2.05, 4.69) is 13.8 Å². The summed E-state index contributed by atoms with van der Waals surface area (Å²) in [5, 5.41) is 9.96. The summed E-state index contributed by atoms with van der Waals surface area (Å²) in [4.78, 5) is 0. The van der Waals surface area contributed by atoms with Crippen molar-refractivity contribution >= 4 is 0 Å². The second kappa shape index (κ2) is 6.62. The van der Waals surface area contributed by atoms with Crippen LogP contribution in [0.4, 0.5) is 0 Å². The van der Waals surface area contributed by atoms with Crippen LogP contribution in [0.3, 0.4) is 0 Å². The van der Waals surface area contributed by atoms with Crippen molar-refractivity contribution < 1.29 is 5.11 Å². The van der Waals surface area contributed by atoms with Crippen LogP contribution in [-0.2, 0) is 0 Å². The molecule has 1 aromatic rings. The minimum atomic E-state index is -0.285. The van der Waals surface area contributed by atoms with E-state index in [4.69, 9.17) is 0 Å². The minimum Gasteiger partial charge on any atom is -0.388 e. The van der Waals surface area contributed by atoms with Crippen molar-refractivity contribution in [3.63, 3.8) is 0 Å². The number of hydrogen-bond donors (Lipinski definition) is 1. The normalized spacial score (nSPS) is 13.1. The Morgan fingerprint density at radius 1 is 1.00 bits per heavy atom. The highest BCUT2D eigenvalue weighted by Gasteiger charge is 2.10. The molecular weight excluding hydrogens is 184 g/mol. The molecule has 1 nitrogen and oxygen atoms in total. The summed E-state index contributed by atoms with van der Waals surface area (Å²) in [7, 11) is 0. The Kier molecular flexibility index (Phi) is 5.41. The van der Waals surface area contributed by atoms with Crippen molar-refractivity contribution in [3.8, 4) is 0 Å². The topological polar surface area (TPSA) is 20.2 Å². The fourth-order valence-electron chi connectivity index (χ4n) is 1.93. The molecule has 84 valence electrons. The van der Waals surface area contributed by atoms with Gasteiger partial charge in [-0.1, -0.05) is 57.0 Å². The Balaban J connectivity index is 2.39. The molecule has 0 aliphatic carbocycles. The largest absolute Gasteiger partial charge is 0.388 e. The predicted molar refractivity (Wildman–Crippen MR) is 64.7 cm³/mol. The third-order valence-corrected chi connectivity index (χ3v) is 3.19. The molecule has 0 saturated carbocycles. The molecule has 0 radical (unpaired) electrons. The van der Waals surface area contributed by atoms with Crippen LogP contribution in [0.1, 0.15) is 51.2 Å². The summed E-state index contributed by atoms with van der Waals surface area (Å²) in [6.45, 7) is 4.45. The van der Waals surface area contributed by atoms with Crippen LogP contribution in [0.2, 0.25) is 0 Å². The predicted octanol–water partition coefficient (Wildman–Crippen LogP) is 3.94. The molecule has 0 spiro atoms. The SMILES string of the molecule is CCC(CC)CCC(O)c1ccccc1. The molecule has 1 N–H and O–H groups in total. The molecule has 1 rings (SSSR count). The van der Waals surface area contributed by atoms with Gasteiger partial charge in [-0.3, -0.25) is 0 Å². The maximum atomic E-state index is 9.96. The molecule has 0 aliphatic heterocycles. The molecule has 1 atom stereocenters. The van der Waals surface area contributed by atoms with E-state index in [0.717, 1.165) is 24.3 Å². The van der Waals surface area contributed by atoms with Crippen LogP contribution in [0, 0.1) is 5.92 Å². The highest BCUT2D eigenvalue weighted by Crippen LogP contribution is 2.23. The Morgan fingerprint density at radius 3 is 2.13 bits per heavy atom. The molecule has 1 heteroatoms. The van der Waals surface area contributed by atoms with Crippen molar-refractivity contribution in [2.24, 2.45) is 5.92 Å². The van der Waals surface area contributed by atoms with Gasteiger partial charge in [0.15, 0.2) is 0 Å². The molecule has 15 heavy (non-hydrogen) atoms. The molecule has 0 heterocycles. The Hall–Kier alpha value is -0.820. The first-order valence-electron chi connectivity index (χ1n) is 6.00. The maximum absolute atomic E-state index is 9.96. The summed E-state index contributed by atoms with van der Waals surface area (Å²) < 4.78 is 0. The second-order valence-electron chi connectivity index (χ2n) is 4.19. The van der Waals surface area contributed by atoms with E-state index >= 15 is 0 Å². The van der Waals surface area contributed by atoms with Crippen LogP contribution < -0.4 is 0 Å². The fourth-order valence-corrected chi connectivity index (χ4v) is 1.93. The van der Waals surface area contributed by atoms with Gasteiger partial charge >= 0.3 is 0 Å². The highest BCUT2D eigenvalue weighted by atomic mass is 16.3. The van der Waals surface area contributed by atoms with Gasteiger partial charge in [0.05, 0.1) is 6.10 Å². The molecule has 0 saturated heterocycles. The van der Waals surface area contributed by atoms with Crippen molar-refractivity contribution in [3.05, 3.63) is 35.9 Å². The summed E-state index contributed by atoms with van der Waals surface area (Å²) in [5.41, 5.74) is 1.04. The third kappa shape index (κ3) is 4.05. The van der Waals surface area contributed by atoms with E-state index in [0.29, 0.717) is 0 Å². The van der Waals surface area contributed by atoms with Crippen LogP contribution in [0.25, 0.3) is 0 Å². The van der Waals surface area contributed by atoms with E-state index < -0.39 is 0 Å². The van der Waals surface area contributed by atoms with Crippen LogP contribution in [0.5, 0.6) is 0 Å². The minimum absolute atomic E-state index is 0.285. The standard InChI is InChI=1S/C14H22O/c1-3-12(4-2)10-11-14(15)13-8-6-5-7-9-13/h5-9,12,14-15H,3-4,10-11H2,1-2H3. The fraction of sp³-hybridized carbons (Fsp3) is 0.571. The number of rotatable bonds is 6. The van der Waals surface area contributed by atoms with Crippen LogP contribution in [0.15, 0.2) is 30.3 Å². The zero-order valence-corrected chi connectivity index (χ0v) is 9.82. The van der Waals surface area contributed by atoms with Gasteiger partial charge in [-0.25, -0.2) is 0 Å².